The van der Waals surface area contributed by atoms with E-state index in [0.717, 1.165) is 31.9 Å². The fourth-order valence-corrected chi connectivity index (χ4v) is 4.55. The van der Waals surface area contributed by atoms with Crippen LogP contribution in [0.2, 0.25) is 0 Å². The number of alkyl halides is 3. The normalized spacial score (nSPS) is 27.3. The Labute approximate surface area is 216 Å². The Bertz CT molecular complexity index is 819. The third kappa shape index (κ3) is 11.3. The lowest BCUT2D eigenvalue weighted by molar-refractivity contribution is -0.182. The van der Waals surface area contributed by atoms with E-state index in [0.29, 0.717) is 30.2 Å². The Kier molecular flexibility index (Phi) is 13.2. The highest BCUT2D eigenvalue weighted by Crippen LogP contribution is 2.36. The van der Waals surface area contributed by atoms with E-state index in [-0.39, 0.29) is 24.8 Å². The highest BCUT2D eigenvalue weighted by atomic mass is 19.4. The van der Waals surface area contributed by atoms with E-state index in [1.54, 1.807) is 12.3 Å². The van der Waals surface area contributed by atoms with Gasteiger partial charge in [0.25, 0.3) is 0 Å². The number of halogens is 3. The molecule has 4 aliphatic rings. The largest absolute Gasteiger partial charge is 0.391 e. The zero-order valence-electron chi connectivity index (χ0n) is 21.3. The molecule has 8 N–H and O–H groups in total. The first kappa shape index (κ1) is 30.9. The predicted molar refractivity (Wildman–Crippen MR) is 137 cm³/mol. The highest BCUT2D eigenvalue weighted by Gasteiger charge is 2.41. The number of nitrogens with one attached hydrogen (secondary N) is 2. The zero-order chi connectivity index (χ0) is 27.3. The third-order valence-electron chi connectivity index (χ3n) is 6.78. The van der Waals surface area contributed by atoms with Crippen LogP contribution in [0.25, 0.3) is 0 Å². The van der Waals surface area contributed by atoms with E-state index in [9.17, 15) is 13.2 Å². The lowest BCUT2D eigenvalue weighted by Crippen LogP contribution is -2.45. The molecule has 2 aliphatic heterocycles. The summed E-state index contributed by atoms with van der Waals surface area (Å²) in [5, 5.41) is 0. The summed E-state index contributed by atoms with van der Waals surface area (Å²) in [6, 6.07) is 2.41. The summed E-state index contributed by atoms with van der Waals surface area (Å²) in [6.07, 6.45) is 6.83. The number of anilines is 1. The molecule has 210 valence electrons. The Hall–Kier alpha value is -2.35. The van der Waals surface area contributed by atoms with Crippen molar-refractivity contribution in [2.75, 3.05) is 18.9 Å². The molecule has 0 radical (unpaired) electrons. The first-order valence-electron chi connectivity index (χ1n) is 12.8. The SMILES string of the molecule is C=O.NC1CCCC(C(F)(F)F)C1.NC1CCCCC1.Nc1nccc(N=C2CC(C3COC3)NN2)n1. The molecule has 13 heteroatoms. The monoisotopic (exact) mass is 530 g/mol. The maximum Gasteiger partial charge on any atom is 0.391 e. The summed E-state index contributed by atoms with van der Waals surface area (Å²) in [5.74, 6) is 1.12. The Morgan fingerprint density at radius 3 is 2.19 bits per heavy atom. The van der Waals surface area contributed by atoms with Gasteiger partial charge in [0.05, 0.1) is 19.1 Å². The van der Waals surface area contributed by atoms with Gasteiger partial charge in [-0.05, 0) is 32.1 Å². The highest BCUT2D eigenvalue weighted by molar-refractivity contribution is 5.86. The summed E-state index contributed by atoms with van der Waals surface area (Å²) in [5.41, 5.74) is 22.8. The van der Waals surface area contributed by atoms with Crippen LogP contribution in [0.5, 0.6) is 0 Å². The second kappa shape index (κ2) is 15.8. The zero-order valence-corrected chi connectivity index (χ0v) is 21.3. The van der Waals surface area contributed by atoms with Crippen LogP contribution in [0.1, 0.15) is 64.2 Å². The van der Waals surface area contributed by atoms with Gasteiger partial charge in [-0.1, -0.05) is 25.7 Å². The van der Waals surface area contributed by atoms with Gasteiger partial charge in [0, 0.05) is 42.7 Å². The van der Waals surface area contributed by atoms with E-state index < -0.39 is 12.1 Å². The standard InChI is InChI=1S/C10H14N6O.C7H12F3N.C6H13N.CH2O/c11-10-12-2-1-8(14-10)13-9-3-7(15-16-9)6-4-17-5-6;8-7(9,10)5-2-1-3-6(11)4-5;7-6-4-2-1-3-5-6;1-2/h1-2,6-7,15H,3-5H2,(H3,11,12,13,14,16);5-6H,1-4,11H2;6H,1-5,7H2;1H2. The second-order valence-electron chi connectivity index (χ2n) is 9.77. The number of aromatic nitrogens is 2. The average Bonchev–Trinajstić information content (AvgIpc) is 3.27. The maximum atomic E-state index is 12.1. The quantitative estimate of drug-likeness (QED) is 0.386. The topological polar surface area (TPSA) is 167 Å². The van der Waals surface area contributed by atoms with Gasteiger partial charge in [-0.15, -0.1) is 0 Å². The Morgan fingerprint density at radius 1 is 1.03 bits per heavy atom. The van der Waals surface area contributed by atoms with E-state index >= 15 is 0 Å². The van der Waals surface area contributed by atoms with Gasteiger partial charge in [-0.25, -0.2) is 15.4 Å². The molecular formula is C24H41F3N8O2. The van der Waals surface area contributed by atoms with Crippen LogP contribution >= 0.6 is 0 Å². The first-order valence-corrected chi connectivity index (χ1v) is 12.8. The first-order chi connectivity index (χ1) is 17.7. The second-order valence-corrected chi connectivity index (χ2v) is 9.77. The van der Waals surface area contributed by atoms with Crippen molar-refractivity contribution < 1.29 is 22.7 Å². The van der Waals surface area contributed by atoms with Crippen molar-refractivity contribution >= 4 is 24.4 Å². The van der Waals surface area contributed by atoms with Gasteiger partial charge in [-0.2, -0.15) is 18.2 Å². The minimum absolute atomic E-state index is 0.115. The van der Waals surface area contributed by atoms with E-state index in [1.807, 2.05) is 6.79 Å². The van der Waals surface area contributed by atoms with Crippen molar-refractivity contribution in [1.29, 1.82) is 0 Å². The van der Waals surface area contributed by atoms with Crippen molar-refractivity contribution in [3.63, 3.8) is 0 Å². The number of nitrogens with zero attached hydrogens (tertiary/aromatic N) is 3. The van der Waals surface area contributed by atoms with Crippen LogP contribution in [0.3, 0.4) is 0 Å². The number of hydrazine groups is 1. The molecule has 5 rings (SSSR count). The molecule has 1 aromatic rings. The molecule has 0 spiro atoms. The molecule has 2 saturated carbocycles. The van der Waals surface area contributed by atoms with E-state index in [2.05, 4.69) is 25.8 Å². The summed E-state index contributed by atoms with van der Waals surface area (Å²) in [7, 11) is 0. The summed E-state index contributed by atoms with van der Waals surface area (Å²) >= 11 is 0. The number of ether oxygens (including phenoxy) is 1. The molecule has 0 aromatic carbocycles. The number of amidine groups is 1. The molecular weight excluding hydrogens is 489 g/mol. The lowest BCUT2D eigenvalue weighted by Gasteiger charge is -2.30. The van der Waals surface area contributed by atoms with Crippen LogP contribution in [0, 0.1) is 11.8 Å². The maximum absolute atomic E-state index is 12.1. The smallest absolute Gasteiger partial charge is 0.381 e. The van der Waals surface area contributed by atoms with Crippen molar-refractivity contribution in [3.8, 4) is 0 Å². The number of hydrogen-bond donors (Lipinski definition) is 5. The molecule has 0 amide bonds. The molecule has 4 fully saturated rings. The minimum atomic E-state index is -4.03. The number of rotatable bonds is 2. The fourth-order valence-electron chi connectivity index (χ4n) is 4.55. The van der Waals surface area contributed by atoms with Gasteiger partial charge in [0.1, 0.15) is 12.6 Å². The van der Waals surface area contributed by atoms with Crippen LogP contribution < -0.4 is 28.1 Å². The molecule has 3 heterocycles. The average molecular weight is 531 g/mol. The number of carbonyl (C=O) groups excluding carboxylic acids is 1. The van der Waals surface area contributed by atoms with Crippen LogP contribution in [-0.2, 0) is 9.53 Å². The van der Waals surface area contributed by atoms with Crippen molar-refractivity contribution in [3.05, 3.63) is 12.3 Å². The van der Waals surface area contributed by atoms with E-state index in [4.69, 9.17) is 26.7 Å². The van der Waals surface area contributed by atoms with Crippen LogP contribution in [0.4, 0.5) is 24.9 Å². The Balaban J connectivity index is 0.000000207. The van der Waals surface area contributed by atoms with Crippen LogP contribution in [0.15, 0.2) is 17.3 Å². The molecule has 2 saturated heterocycles. The van der Waals surface area contributed by atoms with Gasteiger partial charge >= 0.3 is 6.18 Å². The molecule has 37 heavy (non-hydrogen) atoms. The van der Waals surface area contributed by atoms with Crippen molar-refractivity contribution in [2.24, 2.45) is 28.3 Å². The summed E-state index contributed by atoms with van der Waals surface area (Å²) < 4.78 is 41.3. The van der Waals surface area contributed by atoms with Gasteiger partial charge in [0.2, 0.25) is 5.95 Å². The fraction of sp³-hybridized carbons (Fsp3) is 0.750. The number of hydrogen-bond acceptors (Lipinski definition) is 9. The number of aliphatic imine (C=N–C) groups is 1. The molecule has 1 aromatic heterocycles. The van der Waals surface area contributed by atoms with Crippen LogP contribution in [-0.4, -0.2) is 60.1 Å². The molecule has 0 bridgehead atoms. The summed E-state index contributed by atoms with van der Waals surface area (Å²) in [4.78, 5) is 20.2. The summed E-state index contributed by atoms with van der Waals surface area (Å²) in [6.45, 7) is 3.65. The van der Waals surface area contributed by atoms with Gasteiger partial charge in [0.15, 0.2) is 5.82 Å². The van der Waals surface area contributed by atoms with Crippen molar-refractivity contribution in [1.82, 2.24) is 20.8 Å². The molecule has 3 unspecified atom stereocenters. The van der Waals surface area contributed by atoms with Crippen molar-refractivity contribution in [2.45, 2.75) is 88.5 Å². The predicted octanol–water partition coefficient (Wildman–Crippen LogP) is 2.76. The Morgan fingerprint density at radius 2 is 1.70 bits per heavy atom. The number of nitrogen functional groups attached to an aromatic ring is 1. The molecule has 2 aliphatic carbocycles. The van der Waals surface area contributed by atoms with E-state index in [1.165, 1.54) is 32.1 Å². The molecule has 10 nitrogen and oxygen atoms in total. The third-order valence-corrected chi connectivity index (χ3v) is 6.78. The van der Waals surface area contributed by atoms with Gasteiger partial charge in [-0.3, -0.25) is 0 Å². The number of nitrogens with two attached hydrogens (primary N) is 3. The lowest BCUT2D eigenvalue weighted by atomic mass is 9.86. The molecule has 3 atom stereocenters. The minimum Gasteiger partial charge on any atom is -0.381 e. The number of carbonyl (C=O) groups is 1. The van der Waals surface area contributed by atoms with Gasteiger partial charge < -0.3 is 32.2 Å².